The minimum Gasteiger partial charge on any atom is -0.468 e. The molecule has 2 saturated heterocycles. The molecular formula is C17H20F3NO5. The topological polar surface area (TPSA) is 66.9 Å². The van der Waals surface area contributed by atoms with Gasteiger partial charge >= 0.3 is 6.18 Å². The standard InChI is InChI=1S/C17H20F3NO5/c1-8(22)12-14(15-13(9(2)23-12)25-16(3,4)26-15)24-11-7-5-6-10(21-11)17(18,19)20/h5-7,9,12-15H,1-4H3/t9-,12-,13+,14+,15+/m1/s1. The van der Waals surface area contributed by atoms with Gasteiger partial charge in [0.05, 0.1) is 6.10 Å². The number of nitrogens with zero attached hydrogens (tertiary/aromatic N) is 1. The van der Waals surface area contributed by atoms with E-state index in [1.54, 1.807) is 20.8 Å². The molecule has 2 aliphatic heterocycles. The van der Waals surface area contributed by atoms with Gasteiger partial charge in [-0.05, 0) is 33.8 Å². The number of carbonyl (C=O) groups excluding carboxylic acids is 1. The van der Waals surface area contributed by atoms with E-state index in [9.17, 15) is 18.0 Å². The molecule has 0 amide bonds. The molecular weight excluding hydrogens is 355 g/mol. The Morgan fingerprint density at radius 2 is 1.88 bits per heavy atom. The fourth-order valence-corrected chi connectivity index (χ4v) is 3.23. The summed E-state index contributed by atoms with van der Waals surface area (Å²) < 4.78 is 61.7. The largest absolute Gasteiger partial charge is 0.468 e. The third kappa shape index (κ3) is 3.70. The Bertz CT molecular complexity index is 693. The summed E-state index contributed by atoms with van der Waals surface area (Å²) in [6.45, 7) is 6.49. The van der Waals surface area contributed by atoms with Gasteiger partial charge in [0, 0.05) is 6.07 Å². The molecule has 1 aromatic rings. The average molecular weight is 375 g/mol. The summed E-state index contributed by atoms with van der Waals surface area (Å²) in [5.41, 5.74) is -1.08. The summed E-state index contributed by atoms with van der Waals surface area (Å²) in [4.78, 5) is 15.5. The van der Waals surface area contributed by atoms with Crippen molar-refractivity contribution in [2.24, 2.45) is 0 Å². The van der Waals surface area contributed by atoms with Crippen molar-refractivity contribution >= 4 is 5.78 Å². The quantitative estimate of drug-likeness (QED) is 0.809. The number of ether oxygens (including phenoxy) is 4. The van der Waals surface area contributed by atoms with Gasteiger partial charge in [0.1, 0.15) is 17.9 Å². The molecule has 2 aliphatic rings. The lowest BCUT2D eigenvalue weighted by molar-refractivity contribution is -0.181. The summed E-state index contributed by atoms with van der Waals surface area (Å²) in [7, 11) is 0. The molecule has 1 aromatic heterocycles. The van der Waals surface area contributed by atoms with Gasteiger partial charge < -0.3 is 18.9 Å². The first-order valence-corrected chi connectivity index (χ1v) is 8.20. The van der Waals surface area contributed by atoms with E-state index in [2.05, 4.69) is 4.98 Å². The summed E-state index contributed by atoms with van der Waals surface area (Å²) in [6, 6.07) is 3.32. The van der Waals surface area contributed by atoms with E-state index in [4.69, 9.17) is 18.9 Å². The second-order valence-corrected chi connectivity index (χ2v) is 6.88. The number of alkyl halides is 3. The van der Waals surface area contributed by atoms with E-state index < -0.39 is 48.2 Å². The summed E-state index contributed by atoms with van der Waals surface area (Å²) in [6.07, 6.45) is -8.22. The number of hydrogen-bond acceptors (Lipinski definition) is 6. The molecule has 0 unspecified atom stereocenters. The van der Waals surface area contributed by atoms with E-state index in [1.165, 1.54) is 19.1 Å². The van der Waals surface area contributed by atoms with Gasteiger partial charge in [0.25, 0.3) is 0 Å². The first-order chi connectivity index (χ1) is 12.0. The smallest absolute Gasteiger partial charge is 0.433 e. The highest BCUT2D eigenvalue weighted by atomic mass is 19.4. The maximum Gasteiger partial charge on any atom is 0.433 e. The Hall–Kier alpha value is -1.71. The van der Waals surface area contributed by atoms with Crippen LogP contribution in [0.5, 0.6) is 5.88 Å². The molecule has 0 N–H and O–H groups in total. The zero-order valence-corrected chi connectivity index (χ0v) is 14.7. The lowest BCUT2D eigenvalue weighted by atomic mass is 9.93. The van der Waals surface area contributed by atoms with Crippen molar-refractivity contribution in [2.45, 2.75) is 70.2 Å². The number of carbonyl (C=O) groups is 1. The van der Waals surface area contributed by atoms with E-state index in [0.29, 0.717) is 0 Å². The summed E-state index contributed by atoms with van der Waals surface area (Å²) in [5.74, 6) is -1.51. The fourth-order valence-electron chi connectivity index (χ4n) is 3.23. The number of fused-ring (bicyclic) bond motifs is 1. The third-order valence-electron chi connectivity index (χ3n) is 4.28. The number of hydrogen-bond donors (Lipinski definition) is 0. The van der Waals surface area contributed by atoms with Crippen molar-refractivity contribution in [3.8, 4) is 5.88 Å². The Balaban J connectivity index is 1.91. The zero-order chi connectivity index (χ0) is 19.3. The lowest BCUT2D eigenvalue weighted by Gasteiger charge is -2.39. The maximum atomic E-state index is 12.9. The number of halogens is 3. The molecule has 2 fully saturated rings. The van der Waals surface area contributed by atoms with Gasteiger partial charge in [0.2, 0.25) is 5.88 Å². The highest BCUT2D eigenvalue weighted by Gasteiger charge is 2.56. The second kappa shape index (κ2) is 6.47. The number of ketones is 1. The van der Waals surface area contributed by atoms with Crippen molar-refractivity contribution in [3.05, 3.63) is 23.9 Å². The molecule has 0 saturated carbocycles. The fraction of sp³-hybridized carbons (Fsp3) is 0.647. The minimum absolute atomic E-state index is 0.263. The predicted molar refractivity (Wildman–Crippen MR) is 82.5 cm³/mol. The van der Waals surface area contributed by atoms with Gasteiger partial charge in [-0.15, -0.1) is 0 Å². The van der Waals surface area contributed by atoms with Gasteiger partial charge in [-0.3, -0.25) is 4.79 Å². The van der Waals surface area contributed by atoms with Gasteiger partial charge in [-0.25, -0.2) is 4.98 Å². The van der Waals surface area contributed by atoms with E-state index in [-0.39, 0.29) is 11.7 Å². The van der Waals surface area contributed by atoms with Crippen LogP contribution in [0.15, 0.2) is 18.2 Å². The Morgan fingerprint density at radius 3 is 2.50 bits per heavy atom. The van der Waals surface area contributed by atoms with Crippen LogP contribution in [0.1, 0.15) is 33.4 Å². The number of pyridine rings is 1. The monoisotopic (exact) mass is 375 g/mol. The molecule has 0 bridgehead atoms. The van der Waals surface area contributed by atoms with Crippen LogP contribution in [0.2, 0.25) is 0 Å². The Labute approximate surface area is 148 Å². The molecule has 144 valence electrons. The molecule has 0 radical (unpaired) electrons. The Kier molecular flexibility index (Phi) is 4.74. The molecule has 3 rings (SSSR count). The van der Waals surface area contributed by atoms with E-state index in [0.717, 1.165) is 6.07 Å². The molecule has 0 spiro atoms. The third-order valence-corrected chi connectivity index (χ3v) is 4.28. The van der Waals surface area contributed by atoms with Gasteiger partial charge in [-0.1, -0.05) is 6.07 Å². The zero-order valence-electron chi connectivity index (χ0n) is 14.7. The van der Waals surface area contributed by atoms with Crippen molar-refractivity contribution in [1.82, 2.24) is 4.98 Å². The van der Waals surface area contributed by atoms with Crippen LogP contribution in [-0.2, 0) is 25.2 Å². The minimum atomic E-state index is -4.60. The van der Waals surface area contributed by atoms with E-state index in [1.807, 2.05) is 0 Å². The first kappa shape index (κ1) is 19.1. The molecule has 0 aromatic carbocycles. The highest BCUT2D eigenvalue weighted by molar-refractivity contribution is 5.81. The van der Waals surface area contributed by atoms with Crippen molar-refractivity contribution in [3.63, 3.8) is 0 Å². The summed E-state index contributed by atoms with van der Waals surface area (Å²) in [5, 5.41) is 0. The number of Topliss-reactive ketones (excluding diaryl/α,β-unsaturated/α-hetero) is 1. The van der Waals surface area contributed by atoms with Gasteiger partial charge in [-0.2, -0.15) is 13.2 Å². The van der Waals surface area contributed by atoms with Crippen LogP contribution in [0.25, 0.3) is 0 Å². The highest BCUT2D eigenvalue weighted by Crippen LogP contribution is 2.39. The number of rotatable bonds is 3. The first-order valence-electron chi connectivity index (χ1n) is 8.20. The molecule has 26 heavy (non-hydrogen) atoms. The van der Waals surface area contributed by atoms with Crippen LogP contribution in [0.4, 0.5) is 13.2 Å². The molecule has 6 nitrogen and oxygen atoms in total. The van der Waals surface area contributed by atoms with Gasteiger partial charge in [0.15, 0.2) is 23.8 Å². The van der Waals surface area contributed by atoms with Crippen molar-refractivity contribution < 1.29 is 36.9 Å². The Morgan fingerprint density at radius 1 is 1.23 bits per heavy atom. The second-order valence-electron chi connectivity index (χ2n) is 6.88. The van der Waals surface area contributed by atoms with Crippen LogP contribution in [0, 0.1) is 0 Å². The van der Waals surface area contributed by atoms with Crippen LogP contribution in [-0.4, -0.2) is 47.1 Å². The predicted octanol–water partition coefficient (Wildman–Crippen LogP) is 2.74. The molecule has 9 heteroatoms. The molecule has 5 atom stereocenters. The molecule has 3 heterocycles. The number of aromatic nitrogens is 1. The van der Waals surface area contributed by atoms with Crippen LogP contribution >= 0.6 is 0 Å². The average Bonchev–Trinajstić information content (AvgIpc) is 2.85. The SMILES string of the molecule is CC(=O)[C@H]1O[C@H](C)[C@@H]2OC(C)(C)O[C@@H]2[C@H]1Oc1cccc(C(F)(F)F)n1. The maximum absolute atomic E-state index is 12.9. The normalized spacial score (nSPS) is 33.6. The van der Waals surface area contributed by atoms with Crippen molar-refractivity contribution in [1.29, 1.82) is 0 Å². The van der Waals surface area contributed by atoms with Crippen molar-refractivity contribution in [2.75, 3.05) is 0 Å². The molecule has 0 aliphatic carbocycles. The van der Waals surface area contributed by atoms with E-state index >= 15 is 0 Å². The van der Waals surface area contributed by atoms with Crippen LogP contribution < -0.4 is 4.74 Å². The van der Waals surface area contributed by atoms with Crippen LogP contribution in [0.3, 0.4) is 0 Å². The lowest BCUT2D eigenvalue weighted by Crippen LogP contribution is -2.59. The summed E-state index contributed by atoms with van der Waals surface area (Å²) >= 11 is 0.